The van der Waals surface area contributed by atoms with Crippen molar-refractivity contribution in [2.75, 3.05) is 11.1 Å². The van der Waals surface area contributed by atoms with E-state index in [9.17, 15) is 0 Å². The predicted molar refractivity (Wildman–Crippen MR) is 79.5 cm³/mol. The first-order valence-electron chi connectivity index (χ1n) is 6.69. The molecule has 4 nitrogen and oxygen atoms in total. The highest BCUT2D eigenvalue weighted by Gasteiger charge is 2.08. The van der Waals surface area contributed by atoms with E-state index in [0.717, 1.165) is 36.3 Å². The molecule has 0 spiro atoms. The third kappa shape index (κ3) is 3.22. The van der Waals surface area contributed by atoms with Crippen molar-refractivity contribution in [3.63, 3.8) is 0 Å². The van der Waals surface area contributed by atoms with Crippen molar-refractivity contribution in [3.8, 4) is 0 Å². The van der Waals surface area contributed by atoms with Crippen LogP contribution in [0, 0.1) is 0 Å². The Morgan fingerprint density at radius 2 is 2.05 bits per heavy atom. The molecular weight excluding hydrogens is 236 g/mol. The molecule has 0 aliphatic rings. The number of nitrogen functional groups attached to an aromatic ring is 1. The van der Waals surface area contributed by atoms with Gasteiger partial charge in [-0.25, -0.2) is 9.97 Å². The molecule has 100 valence electrons. The van der Waals surface area contributed by atoms with E-state index in [1.807, 2.05) is 12.1 Å². The van der Waals surface area contributed by atoms with Crippen LogP contribution >= 0.6 is 0 Å². The van der Waals surface area contributed by atoms with Crippen LogP contribution < -0.4 is 11.1 Å². The third-order valence-corrected chi connectivity index (χ3v) is 3.08. The van der Waals surface area contributed by atoms with Crippen molar-refractivity contribution in [2.45, 2.75) is 33.1 Å². The second kappa shape index (κ2) is 6.18. The lowest BCUT2D eigenvalue weighted by atomic mass is 10.1. The molecule has 1 aromatic carbocycles. The second-order valence-corrected chi connectivity index (χ2v) is 4.52. The molecule has 0 saturated carbocycles. The van der Waals surface area contributed by atoms with Gasteiger partial charge < -0.3 is 11.1 Å². The van der Waals surface area contributed by atoms with E-state index in [4.69, 9.17) is 5.73 Å². The van der Waals surface area contributed by atoms with E-state index in [2.05, 4.69) is 41.3 Å². The fourth-order valence-corrected chi connectivity index (χ4v) is 2.04. The second-order valence-electron chi connectivity index (χ2n) is 4.52. The number of nitrogens with one attached hydrogen (secondary N) is 1. The molecule has 4 heteroatoms. The van der Waals surface area contributed by atoms with E-state index in [1.165, 1.54) is 11.9 Å². The van der Waals surface area contributed by atoms with E-state index in [0.29, 0.717) is 5.82 Å². The van der Waals surface area contributed by atoms with Crippen LogP contribution in [-0.2, 0) is 12.8 Å². The fraction of sp³-hybridized carbons (Fsp3) is 0.333. The first kappa shape index (κ1) is 13.3. The molecule has 0 unspecified atom stereocenters. The number of aryl methyl sites for hydroxylation is 1. The summed E-state index contributed by atoms with van der Waals surface area (Å²) in [6.07, 6.45) is 4.41. The van der Waals surface area contributed by atoms with Crippen molar-refractivity contribution in [1.82, 2.24) is 9.97 Å². The average molecular weight is 256 g/mol. The zero-order valence-corrected chi connectivity index (χ0v) is 11.5. The minimum absolute atomic E-state index is 0.561. The first-order valence-corrected chi connectivity index (χ1v) is 6.69. The van der Waals surface area contributed by atoms with E-state index in [-0.39, 0.29) is 0 Å². The monoisotopic (exact) mass is 256 g/mol. The molecular formula is C15H20N4. The summed E-state index contributed by atoms with van der Waals surface area (Å²) in [5.74, 6) is 1.37. The van der Waals surface area contributed by atoms with Crippen LogP contribution in [0.5, 0.6) is 0 Å². The predicted octanol–water partition coefficient (Wildman–Crippen LogP) is 3.32. The van der Waals surface area contributed by atoms with Gasteiger partial charge in [0.1, 0.15) is 18.0 Å². The average Bonchev–Trinajstić information content (AvgIpc) is 2.43. The summed E-state index contributed by atoms with van der Waals surface area (Å²) >= 11 is 0. The quantitative estimate of drug-likeness (QED) is 0.861. The van der Waals surface area contributed by atoms with Gasteiger partial charge >= 0.3 is 0 Å². The smallest absolute Gasteiger partial charge is 0.139 e. The molecule has 2 rings (SSSR count). The lowest BCUT2D eigenvalue weighted by molar-refractivity contribution is 0.908. The lowest BCUT2D eigenvalue weighted by Gasteiger charge is -2.12. The first-order chi connectivity index (χ1) is 9.24. The topological polar surface area (TPSA) is 63.8 Å². The Hall–Kier alpha value is -2.10. The summed E-state index contributed by atoms with van der Waals surface area (Å²) in [6.45, 7) is 4.26. The van der Waals surface area contributed by atoms with Gasteiger partial charge in [-0.3, -0.25) is 0 Å². The van der Waals surface area contributed by atoms with Crippen LogP contribution in [0.25, 0.3) is 0 Å². The molecule has 1 heterocycles. The number of rotatable bonds is 5. The summed E-state index contributed by atoms with van der Waals surface area (Å²) in [4.78, 5) is 8.37. The van der Waals surface area contributed by atoms with Gasteiger partial charge in [0.25, 0.3) is 0 Å². The number of hydrogen-bond acceptors (Lipinski definition) is 4. The zero-order chi connectivity index (χ0) is 13.7. The molecule has 0 aliphatic heterocycles. The summed E-state index contributed by atoms with van der Waals surface area (Å²) in [6, 6.07) is 8.33. The Labute approximate surface area is 114 Å². The number of nitrogens with zero attached hydrogens (tertiary/aromatic N) is 2. The number of anilines is 3. The summed E-state index contributed by atoms with van der Waals surface area (Å²) in [5, 5.41) is 3.34. The highest BCUT2D eigenvalue weighted by atomic mass is 15.0. The number of aromatic nitrogens is 2. The molecule has 0 fully saturated rings. The minimum Gasteiger partial charge on any atom is -0.383 e. The summed E-state index contributed by atoms with van der Waals surface area (Å²) in [5.41, 5.74) is 9.25. The van der Waals surface area contributed by atoms with Crippen LogP contribution in [0.3, 0.4) is 0 Å². The molecule has 0 atom stereocenters. The van der Waals surface area contributed by atoms with Crippen LogP contribution in [0.1, 0.15) is 31.4 Å². The van der Waals surface area contributed by atoms with Gasteiger partial charge in [-0.2, -0.15) is 0 Å². The Morgan fingerprint density at radius 3 is 2.79 bits per heavy atom. The van der Waals surface area contributed by atoms with E-state index >= 15 is 0 Å². The van der Waals surface area contributed by atoms with Crippen LogP contribution in [0.15, 0.2) is 30.6 Å². The fourth-order valence-electron chi connectivity index (χ4n) is 2.04. The summed E-state index contributed by atoms with van der Waals surface area (Å²) in [7, 11) is 0. The minimum atomic E-state index is 0.561. The summed E-state index contributed by atoms with van der Waals surface area (Å²) < 4.78 is 0. The van der Waals surface area contributed by atoms with Gasteiger partial charge in [0.05, 0.1) is 0 Å². The van der Waals surface area contributed by atoms with Crippen molar-refractivity contribution in [2.24, 2.45) is 0 Å². The van der Waals surface area contributed by atoms with Crippen LogP contribution in [0.4, 0.5) is 17.3 Å². The van der Waals surface area contributed by atoms with Crippen molar-refractivity contribution >= 4 is 17.3 Å². The maximum absolute atomic E-state index is 5.93. The molecule has 0 radical (unpaired) electrons. The van der Waals surface area contributed by atoms with Gasteiger partial charge in [-0.05, 0) is 30.5 Å². The lowest BCUT2D eigenvalue weighted by Crippen LogP contribution is -2.05. The molecule has 0 saturated heterocycles. The Kier molecular flexibility index (Phi) is 4.34. The number of benzene rings is 1. The van der Waals surface area contributed by atoms with Gasteiger partial charge in [0, 0.05) is 11.3 Å². The van der Waals surface area contributed by atoms with Gasteiger partial charge in [-0.1, -0.05) is 32.4 Å². The Bertz CT molecular complexity index is 552. The third-order valence-electron chi connectivity index (χ3n) is 3.08. The molecule has 0 bridgehead atoms. The standard InChI is InChI=1S/C15H20N4/c1-3-6-13-14(16)17-10-18-15(13)19-12-8-5-7-11(4-2)9-12/h5,7-10H,3-4,6H2,1-2H3,(H3,16,17,18,19). The molecule has 0 aliphatic carbocycles. The van der Waals surface area contributed by atoms with Crippen LogP contribution in [0.2, 0.25) is 0 Å². The van der Waals surface area contributed by atoms with Gasteiger partial charge in [0.2, 0.25) is 0 Å². The highest BCUT2D eigenvalue weighted by Crippen LogP contribution is 2.23. The number of nitrogens with two attached hydrogens (primary N) is 1. The Morgan fingerprint density at radius 1 is 1.21 bits per heavy atom. The zero-order valence-electron chi connectivity index (χ0n) is 11.5. The van der Waals surface area contributed by atoms with Crippen molar-refractivity contribution in [1.29, 1.82) is 0 Å². The largest absolute Gasteiger partial charge is 0.383 e. The maximum atomic E-state index is 5.93. The van der Waals surface area contributed by atoms with E-state index in [1.54, 1.807) is 0 Å². The maximum Gasteiger partial charge on any atom is 0.139 e. The highest BCUT2D eigenvalue weighted by molar-refractivity contribution is 5.64. The molecule has 2 aromatic rings. The molecule has 0 amide bonds. The molecule has 1 aromatic heterocycles. The van der Waals surface area contributed by atoms with Gasteiger partial charge in [0.15, 0.2) is 0 Å². The Balaban J connectivity index is 2.29. The molecule has 19 heavy (non-hydrogen) atoms. The molecule has 3 N–H and O–H groups in total. The van der Waals surface area contributed by atoms with Crippen LogP contribution in [-0.4, -0.2) is 9.97 Å². The SMILES string of the molecule is CCCc1c(N)ncnc1Nc1cccc(CC)c1. The van der Waals surface area contributed by atoms with Gasteiger partial charge in [-0.15, -0.1) is 0 Å². The van der Waals surface area contributed by atoms with Crippen molar-refractivity contribution < 1.29 is 0 Å². The normalized spacial score (nSPS) is 10.4. The number of hydrogen-bond donors (Lipinski definition) is 2. The van der Waals surface area contributed by atoms with E-state index < -0.39 is 0 Å². The van der Waals surface area contributed by atoms with Crippen molar-refractivity contribution in [3.05, 3.63) is 41.7 Å².